The first-order valence-corrected chi connectivity index (χ1v) is 3.35. The number of rotatable bonds is 2. The Kier molecular flexibility index (Phi) is 2.13. The van der Waals surface area contributed by atoms with Crippen LogP contribution >= 0.6 is 11.3 Å². The van der Waals surface area contributed by atoms with Crippen LogP contribution in [0.2, 0.25) is 0 Å². The van der Waals surface area contributed by atoms with E-state index >= 15 is 0 Å². The summed E-state index contributed by atoms with van der Waals surface area (Å²) in [6.07, 6.45) is 0. The van der Waals surface area contributed by atoms with Gasteiger partial charge in [-0.3, -0.25) is 0 Å². The minimum Gasteiger partial charge on any atom is -0.389 e. The van der Waals surface area contributed by atoms with Crippen molar-refractivity contribution in [3.63, 3.8) is 0 Å². The Balaban J connectivity index is 2.74. The molecule has 1 aromatic heterocycles. The van der Waals surface area contributed by atoms with Crippen molar-refractivity contribution in [1.82, 2.24) is 4.98 Å². The summed E-state index contributed by atoms with van der Waals surface area (Å²) in [6, 6.07) is 0. The molecule has 1 aromatic rings. The smallest absolute Gasteiger partial charge is 0.132 e. The maximum atomic E-state index is 11.7. The monoisotopic (exact) mass is 147 g/mol. The first-order chi connectivity index (χ1) is 4.36. The summed E-state index contributed by atoms with van der Waals surface area (Å²) in [6.45, 7) is -0.638. The largest absolute Gasteiger partial charge is 0.389 e. The number of hydrogen-bond donors (Lipinski definition) is 1. The van der Waals surface area contributed by atoms with Crippen molar-refractivity contribution in [1.29, 1.82) is 0 Å². The molecule has 0 fully saturated rings. The van der Waals surface area contributed by atoms with E-state index in [4.69, 9.17) is 5.11 Å². The molecule has 0 atom stereocenters. The van der Waals surface area contributed by atoms with Gasteiger partial charge in [0, 0.05) is 5.38 Å². The van der Waals surface area contributed by atoms with E-state index in [-0.39, 0.29) is 6.61 Å². The van der Waals surface area contributed by atoms with Crippen molar-refractivity contribution < 1.29 is 9.50 Å². The van der Waals surface area contributed by atoms with Gasteiger partial charge in [0.05, 0.1) is 12.3 Å². The lowest BCUT2D eigenvalue weighted by Gasteiger charge is -1.81. The summed E-state index contributed by atoms with van der Waals surface area (Å²) in [5.74, 6) is 0. The average molecular weight is 147 g/mol. The summed E-state index contributed by atoms with van der Waals surface area (Å²) in [5.41, 5.74) is 0.407. The zero-order valence-electron chi connectivity index (χ0n) is 4.67. The van der Waals surface area contributed by atoms with Gasteiger partial charge in [-0.15, -0.1) is 11.3 Å². The van der Waals surface area contributed by atoms with Crippen molar-refractivity contribution in [2.75, 3.05) is 0 Å². The highest BCUT2D eigenvalue weighted by Crippen LogP contribution is 2.09. The predicted octanol–water partition coefficient (Wildman–Crippen LogP) is 1.10. The Morgan fingerprint density at radius 1 is 1.78 bits per heavy atom. The van der Waals surface area contributed by atoms with Crippen LogP contribution in [0.4, 0.5) is 4.39 Å². The number of aliphatic hydroxyl groups is 1. The molecule has 1 heterocycles. The van der Waals surface area contributed by atoms with Crippen LogP contribution in [0.5, 0.6) is 0 Å². The van der Waals surface area contributed by atoms with Crippen LogP contribution in [-0.2, 0) is 13.3 Å². The zero-order chi connectivity index (χ0) is 6.69. The fourth-order valence-corrected chi connectivity index (χ4v) is 1.12. The van der Waals surface area contributed by atoms with Crippen LogP contribution in [0.3, 0.4) is 0 Å². The molecule has 0 bridgehead atoms. The molecule has 2 nitrogen and oxygen atoms in total. The fourth-order valence-electron chi connectivity index (χ4n) is 0.483. The molecule has 0 aliphatic rings. The number of hydrogen-bond acceptors (Lipinski definition) is 3. The average Bonchev–Trinajstić information content (AvgIpc) is 2.34. The normalized spacial score (nSPS) is 10.0. The molecule has 1 N–H and O–H groups in total. The van der Waals surface area contributed by atoms with Gasteiger partial charge in [0.25, 0.3) is 0 Å². The van der Waals surface area contributed by atoms with E-state index in [1.807, 2.05) is 0 Å². The van der Waals surface area contributed by atoms with E-state index in [0.29, 0.717) is 10.7 Å². The van der Waals surface area contributed by atoms with Crippen molar-refractivity contribution in [3.8, 4) is 0 Å². The van der Waals surface area contributed by atoms with Crippen molar-refractivity contribution in [2.24, 2.45) is 0 Å². The van der Waals surface area contributed by atoms with Crippen LogP contribution in [0, 0.1) is 0 Å². The summed E-state index contributed by atoms with van der Waals surface area (Å²) in [7, 11) is 0. The van der Waals surface area contributed by atoms with Gasteiger partial charge in [0.15, 0.2) is 0 Å². The molecule has 0 amide bonds. The molecule has 0 saturated carbocycles. The Labute approximate surface area is 56.0 Å². The van der Waals surface area contributed by atoms with E-state index < -0.39 is 6.67 Å². The molecule has 9 heavy (non-hydrogen) atoms. The molecule has 0 spiro atoms. The first-order valence-electron chi connectivity index (χ1n) is 2.47. The highest BCUT2D eigenvalue weighted by atomic mass is 32.1. The van der Waals surface area contributed by atoms with Crippen molar-refractivity contribution in [3.05, 3.63) is 16.1 Å². The van der Waals surface area contributed by atoms with E-state index in [9.17, 15) is 4.39 Å². The summed E-state index contributed by atoms with van der Waals surface area (Å²) in [5, 5.41) is 10.6. The molecule has 0 aliphatic heterocycles. The Morgan fingerprint density at radius 3 is 2.89 bits per heavy atom. The Morgan fingerprint density at radius 2 is 2.56 bits per heavy atom. The Hall–Kier alpha value is -0.480. The second kappa shape index (κ2) is 2.89. The van der Waals surface area contributed by atoms with Gasteiger partial charge in [0.1, 0.15) is 11.7 Å². The molecule has 0 aromatic carbocycles. The van der Waals surface area contributed by atoms with E-state index in [1.165, 1.54) is 11.3 Å². The fraction of sp³-hybridized carbons (Fsp3) is 0.400. The summed E-state index contributed by atoms with van der Waals surface area (Å²) >= 11 is 1.27. The number of nitrogens with zero attached hydrogens (tertiary/aromatic N) is 1. The van der Waals surface area contributed by atoms with Crippen molar-refractivity contribution >= 4 is 11.3 Å². The molecule has 0 unspecified atom stereocenters. The molecule has 0 saturated heterocycles. The van der Waals surface area contributed by atoms with Crippen LogP contribution in [0.1, 0.15) is 10.7 Å². The molecule has 1 rings (SSSR count). The molecule has 0 aliphatic carbocycles. The zero-order valence-corrected chi connectivity index (χ0v) is 5.49. The van der Waals surface area contributed by atoms with Gasteiger partial charge >= 0.3 is 0 Å². The number of alkyl halides is 1. The number of thiazole rings is 1. The summed E-state index contributed by atoms with van der Waals surface area (Å²) in [4.78, 5) is 3.74. The third-order valence-electron chi connectivity index (χ3n) is 0.871. The van der Waals surface area contributed by atoms with Gasteiger partial charge in [-0.2, -0.15) is 0 Å². The predicted molar refractivity (Wildman–Crippen MR) is 32.8 cm³/mol. The standard InChI is InChI=1S/C5H6FNOS/c6-1-4-3-9-5(2-8)7-4/h3,8H,1-2H2. The highest BCUT2D eigenvalue weighted by molar-refractivity contribution is 7.09. The van der Waals surface area contributed by atoms with Crippen LogP contribution in [-0.4, -0.2) is 10.1 Å². The quantitative estimate of drug-likeness (QED) is 0.679. The van der Waals surface area contributed by atoms with Crippen molar-refractivity contribution in [2.45, 2.75) is 13.3 Å². The topological polar surface area (TPSA) is 33.1 Å². The lowest BCUT2D eigenvalue weighted by atomic mass is 10.5. The molecular formula is C5H6FNOS. The first kappa shape index (κ1) is 6.64. The van der Waals surface area contributed by atoms with Gasteiger partial charge in [0.2, 0.25) is 0 Å². The lowest BCUT2D eigenvalue weighted by molar-refractivity contribution is 0.280. The molecule has 50 valence electrons. The second-order valence-corrected chi connectivity index (χ2v) is 2.47. The SMILES string of the molecule is OCc1nc(CF)cs1. The van der Waals surface area contributed by atoms with E-state index in [0.717, 1.165) is 0 Å². The molecular weight excluding hydrogens is 141 g/mol. The number of aromatic nitrogens is 1. The van der Waals surface area contributed by atoms with Crippen LogP contribution in [0.25, 0.3) is 0 Å². The van der Waals surface area contributed by atoms with Gasteiger partial charge in [-0.1, -0.05) is 0 Å². The molecule has 0 radical (unpaired) electrons. The maximum Gasteiger partial charge on any atom is 0.132 e. The van der Waals surface area contributed by atoms with Crippen LogP contribution in [0.15, 0.2) is 5.38 Å². The minimum atomic E-state index is -0.545. The van der Waals surface area contributed by atoms with Crippen LogP contribution < -0.4 is 0 Å². The van der Waals surface area contributed by atoms with E-state index in [1.54, 1.807) is 5.38 Å². The third-order valence-corrected chi connectivity index (χ3v) is 1.75. The Bertz CT molecular complexity index is 170. The van der Waals surface area contributed by atoms with Gasteiger partial charge in [-0.25, -0.2) is 9.37 Å². The van der Waals surface area contributed by atoms with Gasteiger partial charge < -0.3 is 5.11 Å². The number of halogens is 1. The third kappa shape index (κ3) is 1.46. The lowest BCUT2D eigenvalue weighted by Crippen LogP contribution is -1.81. The second-order valence-electron chi connectivity index (χ2n) is 1.52. The number of aliphatic hydroxyl groups excluding tert-OH is 1. The maximum absolute atomic E-state index is 11.7. The summed E-state index contributed by atoms with van der Waals surface area (Å²) < 4.78 is 11.7. The minimum absolute atomic E-state index is 0.0926. The van der Waals surface area contributed by atoms with E-state index in [2.05, 4.69) is 4.98 Å². The highest BCUT2D eigenvalue weighted by Gasteiger charge is 1.97. The van der Waals surface area contributed by atoms with Gasteiger partial charge in [-0.05, 0) is 0 Å². The molecule has 4 heteroatoms.